The zero-order chi connectivity index (χ0) is 12.8. The molecule has 0 aromatic carbocycles. The van der Waals surface area contributed by atoms with Crippen LogP contribution in [-0.2, 0) is 0 Å². The monoisotopic (exact) mass is 252 g/mol. The Labute approximate surface area is 114 Å². The number of nitrogens with one attached hydrogen (secondary N) is 1. The summed E-state index contributed by atoms with van der Waals surface area (Å²) < 4.78 is 0. The van der Waals surface area contributed by atoms with Gasteiger partial charge in [-0.25, -0.2) is 0 Å². The van der Waals surface area contributed by atoms with Gasteiger partial charge >= 0.3 is 0 Å². The molecule has 1 N–H and O–H groups in total. The van der Waals surface area contributed by atoms with Gasteiger partial charge < -0.3 is 10.2 Å². The van der Waals surface area contributed by atoms with Crippen molar-refractivity contribution in [2.75, 3.05) is 33.2 Å². The highest BCUT2D eigenvalue weighted by atomic mass is 15.1. The van der Waals surface area contributed by atoms with Crippen molar-refractivity contribution in [3.8, 4) is 0 Å². The van der Waals surface area contributed by atoms with Gasteiger partial charge in [0.2, 0.25) is 0 Å². The Balaban J connectivity index is 1.79. The summed E-state index contributed by atoms with van der Waals surface area (Å²) in [5.74, 6) is 0.993. The van der Waals surface area contributed by atoms with Gasteiger partial charge in [-0.1, -0.05) is 32.6 Å². The van der Waals surface area contributed by atoms with Gasteiger partial charge in [0.15, 0.2) is 0 Å². The molecule has 2 rings (SSSR count). The maximum absolute atomic E-state index is 3.60. The second-order valence-corrected chi connectivity index (χ2v) is 6.83. The first kappa shape index (κ1) is 14.3. The van der Waals surface area contributed by atoms with E-state index in [9.17, 15) is 0 Å². The van der Waals surface area contributed by atoms with Crippen molar-refractivity contribution in [1.29, 1.82) is 0 Å². The van der Waals surface area contributed by atoms with Crippen LogP contribution in [0.4, 0.5) is 0 Å². The molecule has 0 radical (unpaired) electrons. The van der Waals surface area contributed by atoms with E-state index in [4.69, 9.17) is 0 Å². The molecule has 0 spiro atoms. The average Bonchev–Trinajstić information content (AvgIpc) is 2.99. The largest absolute Gasteiger partial charge is 0.316 e. The first-order valence-corrected chi connectivity index (χ1v) is 8.13. The first-order valence-electron chi connectivity index (χ1n) is 8.13. The Morgan fingerprint density at radius 2 is 1.78 bits per heavy atom. The van der Waals surface area contributed by atoms with Gasteiger partial charge in [0.05, 0.1) is 0 Å². The van der Waals surface area contributed by atoms with E-state index in [0.29, 0.717) is 5.41 Å². The van der Waals surface area contributed by atoms with Gasteiger partial charge in [-0.05, 0) is 50.6 Å². The summed E-state index contributed by atoms with van der Waals surface area (Å²) in [7, 11) is 2.35. The van der Waals surface area contributed by atoms with Crippen LogP contribution in [0.25, 0.3) is 0 Å². The molecule has 0 unspecified atom stereocenters. The second-order valence-electron chi connectivity index (χ2n) is 6.83. The van der Waals surface area contributed by atoms with E-state index in [0.717, 1.165) is 12.5 Å². The molecular weight excluding hydrogens is 220 g/mol. The molecule has 0 amide bonds. The van der Waals surface area contributed by atoms with Gasteiger partial charge in [-0.2, -0.15) is 0 Å². The Morgan fingerprint density at radius 1 is 1.11 bits per heavy atom. The molecule has 0 aliphatic heterocycles. The molecular formula is C16H32N2. The van der Waals surface area contributed by atoms with E-state index in [-0.39, 0.29) is 0 Å². The molecule has 2 nitrogen and oxygen atoms in total. The van der Waals surface area contributed by atoms with Gasteiger partial charge in [-0.15, -0.1) is 0 Å². The van der Waals surface area contributed by atoms with Crippen LogP contribution >= 0.6 is 0 Å². The maximum Gasteiger partial charge on any atom is 0.00472 e. The SMILES string of the molecule is CCNCC1(CN(C)CC2CCCC2)CCCC1. The lowest BCUT2D eigenvalue weighted by Gasteiger charge is -2.35. The zero-order valence-corrected chi connectivity index (χ0v) is 12.5. The minimum atomic E-state index is 0.587. The summed E-state index contributed by atoms with van der Waals surface area (Å²) in [6.45, 7) is 7.24. The molecule has 0 heterocycles. The summed E-state index contributed by atoms with van der Waals surface area (Å²) in [4.78, 5) is 2.64. The summed E-state index contributed by atoms with van der Waals surface area (Å²) in [6.07, 6.45) is 11.7. The minimum Gasteiger partial charge on any atom is -0.316 e. The van der Waals surface area contributed by atoms with Crippen molar-refractivity contribution < 1.29 is 0 Å². The number of hydrogen-bond acceptors (Lipinski definition) is 2. The minimum absolute atomic E-state index is 0.587. The Hall–Kier alpha value is -0.0800. The molecule has 2 aliphatic rings. The fraction of sp³-hybridized carbons (Fsp3) is 1.00. The smallest absolute Gasteiger partial charge is 0.00472 e. The van der Waals surface area contributed by atoms with Gasteiger partial charge in [0, 0.05) is 19.6 Å². The van der Waals surface area contributed by atoms with Gasteiger partial charge in [-0.3, -0.25) is 0 Å². The Kier molecular flexibility index (Phi) is 5.50. The van der Waals surface area contributed by atoms with E-state index in [1.165, 1.54) is 71.0 Å². The molecule has 0 aromatic heterocycles. The topological polar surface area (TPSA) is 15.3 Å². The quantitative estimate of drug-likeness (QED) is 0.748. The van der Waals surface area contributed by atoms with Crippen molar-refractivity contribution in [3.05, 3.63) is 0 Å². The van der Waals surface area contributed by atoms with Crippen molar-refractivity contribution >= 4 is 0 Å². The third-order valence-corrected chi connectivity index (χ3v) is 5.06. The first-order chi connectivity index (χ1) is 8.74. The molecule has 2 aliphatic carbocycles. The van der Waals surface area contributed by atoms with Crippen LogP contribution < -0.4 is 5.32 Å². The Bertz CT molecular complexity index is 227. The van der Waals surface area contributed by atoms with Crippen molar-refractivity contribution in [2.24, 2.45) is 11.3 Å². The van der Waals surface area contributed by atoms with E-state index in [1.807, 2.05) is 0 Å². The molecule has 0 aromatic rings. The van der Waals surface area contributed by atoms with E-state index < -0.39 is 0 Å². The lowest BCUT2D eigenvalue weighted by molar-refractivity contribution is 0.157. The summed E-state index contributed by atoms with van der Waals surface area (Å²) in [6, 6.07) is 0. The average molecular weight is 252 g/mol. The zero-order valence-electron chi connectivity index (χ0n) is 12.5. The van der Waals surface area contributed by atoms with Crippen LogP contribution in [0, 0.1) is 11.3 Å². The van der Waals surface area contributed by atoms with Crippen LogP contribution in [0.3, 0.4) is 0 Å². The highest BCUT2D eigenvalue weighted by Crippen LogP contribution is 2.38. The molecule has 0 bridgehead atoms. The predicted molar refractivity (Wildman–Crippen MR) is 78.9 cm³/mol. The summed E-state index contributed by atoms with van der Waals surface area (Å²) in [5.41, 5.74) is 0.587. The third-order valence-electron chi connectivity index (χ3n) is 5.06. The highest BCUT2D eigenvalue weighted by molar-refractivity contribution is 4.89. The Morgan fingerprint density at radius 3 is 2.39 bits per heavy atom. The van der Waals surface area contributed by atoms with Crippen LogP contribution in [0.1, 0.15) is 58.3 Å². The summed E-state index contributed by atoms with van der Waals surface area (Å²) in [5, 5.41) is 3.60. The van der Waals surface area contributed by atoms with Crippen LogP contribution in [0.2, 0.25) is 0 Å². The number of hydrogen-bond donors (Lipinski definition) is 1. The molecule has 0 atom stereocenters. The molecule has 106 valence electrons. The van der Waals surface area contributed by atoms with Crippen molar-refractivity contribution in [2.45, 2.75) is 58.3 Å². The molecule has 2 heteroatoms. The van der Waals surface area contributed by atoms with Crippen molar-refractivity contribution in [3.63, 3.8) is 0 Å². The lowest BCUT2D eigenvalue weighted by Crippen LogP contribution is -2.42. The molecule has 0 saturated heterocycles. The van der Waals surface area contributed by atoms with E-state index in [1.54, 1.807) is 0 Å². The number of nitrogens with zero attached hydrogens (tertiary/aromatic N) is 1. The van der Waals surface area contributed by atoms with Crippen LogP contribution in [0.15, 0.2) is 0 Å². The molecule has 2 saturated carbocycles. The predicted octanol–water partition coefficient (Wildman–Crippen LogP) is 3.28. The van der Waals surface area contributed by atoms with Crippen LogP contribution in [0.5, 0.6) is 0 Å². The van der Waals surface area contributed by atoms with Gasteiger partial charge in [0.1, 0.15) is 0 Å². The second kappa shape index (κ2) is 6.91. The van der Waals surface area contributed by atoms with Crippen molar-refractivity contribution in [1.82, 2.24) is 10.2 Å². The lowest BCUT2D eigenvalue weighted by atomic mass is 9.85. The molecule has 18 heavy (non-hydrogen) atoms. The van der Waals surface area contributed by atoms with Crippen LogP contribution in [-0.4, -0.2) is 38.1 Å². The fourth-order valence-corrected chi connectivity index (χ4v) is 4.18. The van der Waals surface area contributed by atoms with E-state index >= 15 is 0 Å². The maximum atomic E-state index is 3.60. The normalized spacial score (nSPS) is 24.2. The number of rotatable bonds is 7. The van der Waals surface area contributed by atoms with E-state index in [2.05, 4.69) is 24.2 Å². The van der Waals surface area contributed by atoms with Gasteiger partial charge in [0.25, 0.3) is 0 Å². The molecule has 2 fully saturated rings. The standard InChI is InChI=1S/C16H32N2/c1-3-17-13-16(10-6-7-11-16)14-18(2)12-15-8-4-5-9-15/h15,17H,3-14H2,1-2H3. The summed E-state index contributed by atoms with van der Waals surface area (Å²) >= 11 is 0. The fourth-order valence-electron chi connectivity index (χ4n) is 4.18. The third kappa shape index (κ3) is 3.96. The highest BCUT2D eigenvalue weighted by Gasteiger charge is 2.34.